The number of nitrogens with one attached hydrogen (secondary N) is 2. The molecule has 0 heterocycles. The van der Waals surface area contributed by atoms with Gasteiger partial charge in [0.05, 0.1) is 0 Å². The third kappa shape index (κ3) is 3.05. The molecule has 4 bridgehead atoms. The molecule has 0 radical (unpaired) electrons. The van der Waals surface area contributed by atoms with E-state index in [9.17, 15) is 9.59 Å². The summed E-state index contributed by atoms with van der Waals surface area (Å²) in [6.07, 6.45) is 17.0. The Hall–Kier alpha value is -2.24. The van der Waals surface area contributed by atoms with Gasteiger partial charge in [-0.05, 0) is 49.4 Å². The van der Waals surface area contributed by atoms with Crippen molar-refractivity contribution < 1.29 is 9.59 Å². The van der Waals surface area contributed by atoms with Gasteiger partial charge in [0.15, 0.2) is 0 Å². The molecule has 2 fully saturated rings. The molecule has 4 aliphatic rings. The SMILES string of the molecule is O=C(N/N=C\[C@@H]1C[C@@H]2C=C[C@H]1C2)C(=O)N/N=C\[C@H]1C[C@@H]2C=C[C@@H]1C2. The van der Waals surface area contributed by atoms with Gasteiger partial charge in [0, 0.05) is 24.3 Å². The number of allylic oxidation sites excluding steroid dienone is 4. The molecule has 4 rings (SSSR count). The second-order valence-corrected chi connectivity index (χ2v) is 7.33. The Morgan fingerprint density at radius 3 is 1.54 bits per heavy atom. The zero-order valence-corrected chi connectivity index (χ0v) is 13.5. The summed E-state index contributed by atoms with van der Waals surface area (Å²) in [7, 11) is 0. The highest BCUT2D eigenvalue weighted by Gasteiger charge is 2.35. The Kier molecular flexibility index (Phi) is 4.04. The lowest BCUT2D eigenvalue weighted by Gasteiger charge is -2.12. The van der Waals surface area contributed by atoms with Crippen LogP contribution in [0, 0.1) is 35.5 Å². The highest BCUT2D eigenvalue weighted by atomic mass is 16.2. The van der Waals surface area contributed by atoms with Crippen LogP contribution in [0.5, 0.6) is 0 Å². The van der Waals surface area contributed by atoms with Crippen LogP contribution < -0.4 is 10.9 Å². The fourth-order valence-corrected chi connectivity index (χ4v) is 4.47. The highest BCUT2D eigenvalue weighted by molar-refractivity contribution is 6.35. The van der Waals surface area contributed by atoms with Crippen molar-refractivity contribution in [2.45, 2.75) is 25.7 Å². The summed E-state index contributed by atoms with van der Waals surface area (Å²) in [6, 6.07) is 0. The van der Waals surface area contributed by atoms with E-state index in [0.29, 0.717) is 35.5 Å². The molecule has 0 spiro atoms. The summed E-state index contributed by atoms with van der Waals surface area (Å²) in [4.78, 5) is 23.4. The molecule has 2 saturated carbocycles. The van der Waals surface area contributed by atoms with Crippen LogP contribution in [0.3, 0.4) is 0 Å². The highest BCUT2D eigenvalue weighted by Crippen LogP contribution is 2.43. The quantitative estimate of drug-likeness (QED) is 0.356. The maximum Gasteiger partial charge on any atom is 0.331 e. The number of rotatable bonds is 4. The van der Waals surface area contributed by atoms with E-state index >= 15 is 0 Å². The zero-order valence-electron chi connectivity index (χ0n) is 13.5. The van der Waals surface area contributed by atoms with Gasteiger partial charge < -0.3 is 0 Å². The van der Waals surface area contributed by atoms with Crippen LogP contribution in [-0.4, -0.2) is 24.2 Å². The maximum absolute atomic E-state index is 11.7. The lowest BCUT2D eigenvalue weighted by atomic mass is 9.95. The van der Waals surface area contributed by atoms with E-state index in [4.69, 9.17) is 0 Å². The van der Waals surface area contributed by atoms with Crippen LogP contribution in [0.2, 0.25) is 0 Å². The summed E-state index contributed by atoms with van der Waals surface area (Å²) in [5, 5.41) is 7.86. The molecule has 6 heteroatoms. The molecule has 0 aromatic heterocycles. The second kappa shape index (κ2) is 6.34. The maximum atomic E-state index is 11.7. The van der Waals surface area contributed by atoms with Crippen LogP contribution >= 0.6 is 0 Å². The summed E-state index contributed by atoms with van der Waals surface area (Å²) in [5.74, 6) is 1.54. The molecule has 0 aromatic carbocycles. The van der Waals surface area contributed by atoms with Crippen molar-refractivity contribution in [2.75, 3.05) is 0 Å². The van der Waals surface area contributed by atoms with Crippen LogP contribution in [0.1, 0.15) is 25.7 Å². The van der Waals surface area contributed by atoms with Gasteiger partial charge >= 0.3 is 11.8 Å². The molecule has 0 aliphatic heterocycles. The Labute approximate surface area is 141 Å². The van der Waals surface area contributed by atoms with Gasteiger partial charge in [0.1, 0.15) is 0 Å². The lowest BCUT2D eigenvalue weighted by Crippen LogP contribution is -2.35. The second-order valence-electron chi connectivity index (χ2n) is 7.33. The minimum Gasteiger partial charge on any atom is -0.262 e. The summed E-state index contributed by atoms with van der Waals surface area (Å²) in [5.41, 5.74) is 4.57. The van der Waals surface area contributed by atoms with Crippen LogP contribution in [0.15, 0.2) is 34.5 Å². The summed E-state index contributed by atoms with van der Waals surface area (Å²) in [6.45, 7) is 0. The average Bonchev–Trinajstić information content (AvgIpc) is 3.35. The molecule has 126 valence electrons. The van der Waals surface area contributed by atoms with Gasteiger partial charge in [0.25, 0.3) is 0 Å². The number of carbonyl (C=O) groups excluding carboxylic acids is 2. The first-order valence-electron chi connectivity index (χ1n) is 8.72. The molecular weight excluding hydrogens is 304 g/mol. The first-order valence-corrected chi connectivity index (χ1v) is 8.72. The van der Waals surface area contributed by atoms with Crippen LogP contribution in [-0.2, 0) is 9.59 Å². The largest absolute Gasteiger partial charge is 0.331 e. The third-order valence-corrected chi connectivity index (χ3v) is 5.73. The smallest absolute Gasteiger partial charge is 0.262 e. The van der Waals surface area contributed by atoms with E-state index < -0.39 is 11.8 Å². The number of hydrogen-bond donors (Lipinski definition) is 2. The van der Waals surface area contributed by atoms with Crippen LogP contribution in [0.4, 0.5) is 0 Å². The van der Waals surface area contributed by atoms with Crippen molar-refractivity contribution in [2.24, 2.45) is 45.7 Å². The summed E-state index contributed by atoms with van der Waals surface area (Å²) >= 11 is 0. The lowest BCUT2D eigenvalue weighted by molar-refractivity contribution is -0.139. The fourth-order valence-electron chi connectivity index (χ4n) is 4.47. The number of amides is 2. The van der Waals surface area contributed by atoms with Gasteiger partial charge in [0.2, 0.25) is 0 Å². The zero-order chi connectivity index (χ0) is 16.5. The summed E-state index contributed by atoms with van der Waals surface area (Å²) < 4.78 is 0. The van der Waals surface area contributed by atoms with Crippen molar-refractivity contribution in [3.63, 3.8) is 0 Å². The molecule has 0 aromatic rings. The molecule has 2 amide bonds. The number of nitrogens with zero attached hydrogens (tertiary/aromatic N) is 2. The fraction of sp³-hybridized carbons (Fsp3) is 0.556. The van der Waals surface area contributed by atoms with Gasteiger partial charge in [-0.1, -0.05) is 24.3 Å². The monoisotopic (exact) mass is 326 g/mol. The normalized spacial score (nSPS) is 38.7. The topological polar surface area (TPSA) is 82.9 Å². The van der Waals surface area contributed by atoms with E-state index in [1.807, 2.05) is 0 Å². The van der Waals surface area contributed by atoms with E-state index in [0.717, 1.165) is 12.8 Å². The molecular formula is C18H22N4O2. The first kappa shape index (κ1) is 15.3. The van der Waals surface area contributed by atoms with Crippen molar-refractivity contribution in [3.8, 4) is 0 Å². The molecule has 6 atom stereocenters. The Bertz CT molecular complexity index is 595. The predicted molar refractivity (Wildman–Crippen MR) is 91.0 cm³/mol. The predicted octanol–water partition coefficient (Wildman–Crippen LogP) is 1.61. The van der Waals surface area contributed by atoms with E-state index in [-0.39, 0.29) is 0 Å². The van der Waals surface area contributed by atoms with Gasteiger partial charge in [-0.3, -0.25) is 9.59 Å². The van der Waals surface area contributed by atoms with Crippen molar-refractivity contribution >= 4 is 24.2 Å². The molecule has 2 N–H and O–H groups in total. The number of carbonyl (C=O) groups is 2. The minimum atomic E-state index is -0.782. The third-order valence-electron chi connectivity index (χ3n) is 5.73. The van der Waals surface area contributed by atoms with Gasteiger partial charge in [-0.25, -0.2) is 10.9 Å². The van der Waals surface area contributed by atoms with Crippen LogP contribution in [0.25, 0.3) is 0 Å². The minimum absolute atomic E-state index is 0.368. The Morgan fingerprint density at radius 2 is 1.21 bits per heavy atom. The Balaban J connectivity index is 1.19. The molecule has 4 aliphatic carbocycles. The van der Waals surface area contributed by atoms with Gasteiger partial charge in [-0.2, -0.15) is 10.2 Å². The number of hydrogen-bond acceptors (Lipinski definition) is 4. The van der Waals surface area contributed by atoms with Gasteiger partial charge in [-0.15, -0.1) is 0 Å². The molecule has 0 saturated heterocycles. The van der Waals surface area contributed by atoms with E-state index in [1.54, 1.807) is 12.4 Å². The molecule has 6 nitrogen and oxygen atoms in total. The first-order chi connectivity index (χ1) is 11.7. The van der Waals surface area contributed by atoms with E-state index in [2.05, 4.69) is 45.4 Å². The molecule has 0 unspecified atom stereocenters. The molecule has 24 heavy (non-hydrogen) atoms. The van der Waals surface area contributed by atoms with E-state index in [1.165, 1.54) is 12.8 Å². The van der Waals surface area contributed by atoms with Crippen molar-refractivity contribution in [1.82, 2.24) is 10.9 Å². The van der Waals surface area contributed by atoms with Crippen molar-refractivity contribution in [3.05, 3.63) is 24.3 Å². The van der Waals surface area contributed by atoms with Crippen molar-refractivity contribution in [1.29, 1.82) is 0 Å². The number of hydrazone groups is 2. The average molecular weight is 326 g/mol. The number of fused-ring (bicyclic) bond motifs is 4. The Morgan fingerprint density at radius 1 is 0.750 bits per heavy atom. The standard InChI is InChI=1S/C18H22N4O2/c23-17(21-19-9-15-7-11-1-3-13(15)5-11)18(24)22-20-10-16-8-12-2-4-14(16)6-12/h1-4,9-16H,5-8H2,(H,21,23)(H,22,24)/b19-9-,20-10-/t11-,12-,13-,14+,15-,16+/m1/s1.